The van der Waals surface area contributed by atoms with Crippen LogP contribution in [0, 0.1) is 0 Å². The molecule has 0 saturated carbocycles. The lowest BCUT2D eigenvalue weighted by molar-refractivity contribution is 0.290. The topological polar surface area (TPSA) is 25.8 Å². The number of benzene rings is 1. The summed E-state index contributed by atoms with van der Waals surface area (Å²) in [6.07, 6.45) is 14.9. The van der Waals surface area contributed by atoms with Gasteiger partial charge in [-0.2, -0.15) is 0 Å². The molecule has 3 heteroatoms. The van der Waals surface area contributed by atoms with Crippen molar-refractivity contribution in [2.45, 2.75) is 90.6 Å². The molecule has 0 aliphatic rings. The molecule has 2 nitrogen and oxygen atoms in total. The Labute approximate surface area is 164 Å². The number of alkyl halides is 1. The van der Waals surface area contributed by atoms with E-state index in [-0.39, 0.29) is 0 Å². The molecule has 0 radical (unpaired) electrons. The Kier molecular flexibility index (Phi) is 10.0. The van der Waals surface area contributed by atoms with Crippen molar-refractivity contribution >= 4 is 0 Å². The highest BCUT2D eigenvalue weighted by molar-refractivity contribution is 5.55. The highest BCUT2D eigenvalue weighted by Gasteiger charge is 2.07. The molecular weight excluding hydrogens is 335 g/mol. The molecule has 0 N–H and O–H groups in total. The van der Waals surface area contributed by atoms with Crippen molar-refractivity contribution in [3.05, 3.63) is 47.8 Å². The Balaban J connectivity index is 1.80. The summed E-state index contributed by atoms with van der Waals surface area (Å²) in [5.41, 5.74) is 3.42. The summed E-state index contributed by atoms with van der Waals surface area (Å²) >= 11 is 0. The van der Waals surface area contributed by atoms with Crippen molar-refractivity contribution in [2.75, 3.05) is 0 Å². The van der Waals surface area contributed by atoms with Gasteiger partial charge in [0.25, 0.3) is 0 Å². The van der Waals surface area contributed by atoms with Gasteiger partial charge < -0.3 is 0 Å². The molecule has 0 spiro atoms. The van der Waals surface area contributed by atoms with Gasteiger partial charge in [0.2, 0.25) is 0 Å². The average molecular weight is 371 g/mol. The molecule has 0 aliphatic heterocycles. The maximum Gasteiger partial charge on any atom is 0.159 e. The second-order valence-corrected chi connectivity index (χ2v) is 7.55. The zero-order chi connectivity index (χ0) is 19.3. The van der Waals surface area contributed by atoms with Crippen LogP contribution < -0.4 is 0 Å². The van der Waals surface area contributed by atoms with Crippen LogP contribution >= 0.6 is 0 Å². The number of aromatic nitrogens is 2. The second kappa shape index (κ2) is 12.6. The number of hydrogen-bond acceptors (Lipinski definition) is 2. The lowest BCUT2D eigenvalue weighted by atomic mass is 10.0. The molecule has 27 heavy (non-hydrogen) atoms. The number of halogens is 1. The van der Waals surface area contributed by atoms with Gasteiger partial charge in [-0.1, -0.05) is 76.6 Å². The maximum absolute atomic E-state index is 13.8. The van der Waals surface area contributed by atoms with E-state index in [0.717, 1.165) is 37.1 Å². The summed E-state index contributed by atoms with van der Waals surface area (Å²) in [7, 11) is 0. The van der Waals surface area contributed by atoms with Crippen LogP contribution in [0.5, 0.6) is 0 Å². The van der Waals surface area contributed by atoms with Gasteiger partial charge in [0, 0.05) is 18.0 Å². The van der Waals surface area contributed by atoms with Crippen molar-refractivity contribution in [2.24, 2.45) is 0 Å². The Morgan fingerprint density at radius 2 is 1.41 bits per heavy atom. The van der Waals surface area contributed by atoms with Crippen molar-refractivity contribution < 1.29 is 4.39 Å². The van der Waals surface area contributed by atoms with E-state index in [4.69, 9.17) is 0 Å². The third-order valence-electron chi connectivity index (χ3n) is 5.10. The van der Waals surface area contributed by atoms with Gasteiger partial charge in [-0.15, -0.1) is 0 Å². The van der Waals surface area contributed by atoms with Crippen molar-refractivity contribution in [3.63, 3.8) is 0 Å². The van der Waals surface area contributed by atoms with Gasteiger partial charge in [-0.25, -0.2) is 14.4 Å². The number of hydrogen-bond donors (Lipinski definition) is 0. The zero-order valence-electron chi connectivity index (χ0n) is 17.1. The van der Waals surface area contributed by atoms with Crippen molar-refractivity contribution in [3.8, 4) is 11.4 Å². The zero-order valence-corrected chi connectivity index (χ0v) is 17.1. The molecule has 1 atom stereocenters. The predicted molar refractivity (Wildman–Crippen MR) is 113 cm³/mol. The Morgan fingerprint density at radius 3 is 2.07 bits per heavy atom. The van der Waals surface area contributed by atoms with Gasteiger partial charge in [-0.3, -0.25) is 0 Å². The van der Waals surface area contributed by atoms with E-state index in [1.807, 2.05) is 24.5 Å². The number of nitrogens with zero attached hydrogens (tertiary/aromatic N) is 2. The number of rotatable bonds is 13. The molecule has 148 valence electrons. The summed E-state index contributed by atoms with van der Waals surface area (Å²) in [5.74, 6) is 0.766. The quantitative estimate of drug-likeness (QED) is 0.351. The summed E-state index contributed by atoms with van der Waals surface area (Å²) in [4.78, 5) is 9.06. The molecule has 2 rings (SSSR count). The first kappa shape index (κ1) is 21.5. The summed E-state index contributed by atoms with van der Waals surface area (Å²) in [6, 6.07) is 8.25. The second-order valence-electron chi connectivity index (χ2n) is 7.55. The third-order valence-corrected chi connectivity index (χ3v) is 5.10. The highest BCUT2D eigenvalue weighted by Crippen LogP contribution is 2.18. The fourth-order valence-electron chi connectivity index (χ4n) is 3.28. The first-order valence-electron chi connectivity index (χ1n) is 10.8. The molecule has 1 aromatic heterocycles. The van der Waals surface area contributed by atoms with Gasteiger partial charge in [0.1, 0.15) is 6.17 Å². The molecule has 0 aliphatic carbocycles. The van der Waals surface area contributed by atoms with Crippen LogP contribution in [0.2, 0.25) is 0 Å². The molecule has 1 aromatic carbocycles. The molecule has 0 fully saturated rings. The third kappa shape index (κ3) is 8.19. The number of aryl methyl sites for hydroxylation is 2. The minimum absolute atomic E-state index is 0.614. The molecule has 1 heterocycles. The normalized spacial score (nSPS) is 12.3. The van der Waals surface area contributed by atoms with Crippen LogP contribution in [0.3, 0.4) is 0 Å². The minimum atomic E-state index is -0.678. The van der Waals surface area contributed by atoms with Crippen LogP contribution in [-0.4, -0.2) is 16.1 Å². The average Bonchev–Trinajstić information content (AvgIpc) is 2.71. The van der Waals surface area contributed by atoms with E-state index in [2.05, 4.69) is 35.9 Å². The Bertz CT molecular complexity index is 622. The van der Waals surface area contributed by atoms with Crippen LogP contribution in [-0.2, 0) is 12.8 Å². The van der Waals surface area contributed by atoms with E-state index >= 15 is 0 Å². The van der Waals surface area contributed by atoms with Crippen molar-refractivity contribution in [1.29, 1.82) is 0 Å². The maximum atomic E-state index is 13.8. The standard InChI is InChI=1S/C24H35FN2/c1-3-5-7-8-9-10-21-18-26-24(27-19-21)22-15-12-20(13-16-22)14-17-23(25)11-6-4-2/h12-13,15-16,18-19,23H,3-11,14,17H2,1-2H3. The van der Waals surface area contributed by atoms with E-state index in [9.17, 15) is 4.39 Å². The van der Waals surface area contributed by atoms with Gasteiger partial charge in [-0.05, 0) is 43.2 Å². The predicted octanol–water partition coefficient (Wildman–Crippen LogP) is 7.12. The fraction of sp³-hybridized carbons (Fsp3) is 0.583. The first-order chi connectivity index (χ1) is 13.2. The minimum Gasteiger partial charge on any atom is -0.247 e. The van der Waals surface area contributed by atoms with Crippen LogP contribution in [0.25, 0.3) is 11.4 Å². The molecule has 0 amide bonds. The number of unbranched alkanes of at least 4 members (excludes halogenated alkanes) is 5. The summed E-state index contributed by atoms with van der Waals surface area (Å²) in [5, 5.41) is 0. The lowest BCUT2D eigenvalue weighted by Crippen LogP contribution is -2.02. The smallest absolute Gasteiger partial charge is 0.159 e. The molecule has 1 unspecified atom stereocenters. The highest BCUT2D eigenvalue weighted by atomic mass is 19.1. The SMILES string of the molecule is CCCCCCCc1cnc(-c2ccc(CCC(F)CCCC)cc2)nc1. The summed E-state index contributed by atoms with van der Waals surface area (Å²) in [6.45, 7) is 4.35. The molecule has 0 bridgehead atoms. The Hall–Kier alpha value is -1.77. The fourth-order valence-corrected chi connectivity index (χ4v) is 3.28. The van der Waals surface area contributed by atoms with Gasteiger partial charge in [0.05, 0.1) is 0 Å². The van der Waals surface area contributed by atoms with Crippen LogP contribution in [0.4, 0.5) is 4.39 Å². The van der Waals surface area contributed by atoms with Gasteiger partial charge >= 0.3 is 0 Å². The first-order valence-corrected chi connectivity index (χ1v) is 10.8. The van der Waals surface area contributed by atoms with Crippen molar-refractivity contribution in [1.82, 2.24) is 9.97 Å². The van der Waals surface area contributed by atoms with E-state index in [0.29, 0.717) is 12.8 Å². The molecule has 0 saturated heterocycles. The van der Waals surface area contributed by atoms with Crippen LogP contribution in [0.15, 0.2) is 36.7 Å². The van der Waals surface area contributed by atoms with Gasteiger partial charge in [0.15, 0.2) is 5.82 Å². The molecular formula is C24H35FN2. The van der Waals surface area contributed by atoms with E-state index in [1.165, 1.54) is 43.2 Å². The lowest BCUT2D eigenvalue weighted by Gasteiger charge is -2.08. The summed E-state index contributed by atoms with van der Waals surface area (Å²) < 4.78 is 13.8. The Morgan fingerprint density at radius 1 is 0.741 bits per heavy atom. The van der Waals surface area contributed by atoms with Crippen LogP contribution in [0.1, 0.15) is 82.8 Å². The molecule has 2 aromatic rings. The van der Waals surface area contributed by atoms with E-state index in [1.54, 1.807) is 0 Å². The monoisotopic (exact) mass is 370 g/mol. The largest absolute Gasteiger partial charge is 0.247 e. The van der Waals surface area contributed by atoms with E-state index < -0.39 is 6.17 Å².